The number of aliphatic hydroxyl groups excluding tert-OH is 1. The van der Waals surface area contributed by atoms with Crippen LogP contribution in [0.4, 0.5) is 13.2 Å². The summed E-state index contributed by atoms with van der Waals surface area (Å²) in [6.45, 7) is -0.628. The maximum atomic E-state index is 13.0. The number of nitrogens with two attached hydrogens (primary N) is 1. The summed E-state index contributed by atoms with van der Waals surface area (Å²) in [7, 11) is 0. The predicted molar refractivity (Wildman–Crippen MR) is 125 cm³/mol. The van der Waals surface area contributed by atoms with Gasteiger partial charge >= 0.3 is 11.9 Å². The zero-order valence-electron chi connectivity index (χ0n) is 18.6. The lowest BCUT2D eigenvalue weighted by Crippen LogP contribution is -2.54. The van der Waals surface area contributed by atoms with Crippen LogP contribution in [0.3, 0.4) is 0 Å². The Kier molecular flexibility index (Phi) is 7.82. The van der Waals surface area contributed by atoms with Crippen molar-refractivity contribution < 1.29 is 27.9 Å². The molecule has 0 bridgehead atoms. The number of aromatic nitrogens is 3. The third-order valence-electron chi connectivity index (χ3n) is 5.35. The van der Waals surface area contributed by atoms with E-state index in [1.54, 1.807) is 12.1 Å². The summed E-state index contributed by atoms with van der Waals surface area (Å²) in [4.78, 5) is 38.0. The molecule has 0 fully saturated rings. The molecule has 192 valence electrons. The van der Waals surface area contributed by atoms with Crippen molar-refractivity contribution in [3.8, 4) is 11.4 Å². The second-order valence-electron chi connectivity index (χ2n) is 7.96. The second-order valence-corrected chi connectivity index (χ2v) is 8.80. The molecule has 14 heteroatoms. The third-order valence-corrected chi connectivity index (χ3v) is 5.93. The molecule has 36 heavy (non-hydrogen) atoms. The third kappa shape index (κ3) is 5.72. The van der Waals surface area contributed by atoms with E-state index in [9.17, 15) is 32.7 Å². The van der Waals surface area contributed by atoms with Crippen LogP contribution in [-0.4, -0.2) is 43.5 Å². The molecule has 0 saturated heterocycles. The van der Waals surface area contributed by atoms with Gasteiger partial charge in [0.15, 0.2) is 11.9 Å². The van der Waals surface area contributed by atoms with E-state index in [-0.39, 0.29) is 22.0 Å². The number of hydrogen-bond donors (Lipinski definition) is 3. The number of amides is 2. The molecule has 0 unspecified atom stereocenters. The topological polar surface area (TPSA) is 132 Å². The van der Waals surface area contributed by atoms with Gasteiger partial charge in [-0.05, 0) is 37.3 Å². The second kappa shape index (κ2) is 10.3. The first-order chi connectivity index (χ1) is 16.7. The molecule has 0 aliphatic heterocycles. The molecule has 4 N–H and O–H groups in total. The highest BCUT2D eigenvalue weighted by Gasteiger charge is 2.40. The summed E-state index contributed by atoms with van der Waals surface area (Å²) in [6.07, 6.45) is -7.87. The molecule has 3 aromatic rings. The minimum atomic E-state index is -5.01. The number of benzene rings is 2. The molecular formula is C22H20Cl2F3N5O4. The van der Waals surface area contributed by atoms with Crippen LogP contribution < -0.4 is 16.7 Å². The summed E-state index contributed by atoms with van der Waals surface area (Å²) >= 11 is 12.0. The van der Waals surface area contributed by atoms with E-state index in [0.29, 0.717) is 14.3 Å². The highest BCUT2D eigenvalue weighted by atomic mass is 35.5. The zero-order valence-corrected chi connectivity index (χ0v) is 20.1. The first kappa shape index (κ1) is 27.2. The van der Waals surface area contributed by atoms with Crippen LogP contribution in [0.5, 0.6) is 0 Å². The summed E-state index contributed by atoms with van der Waals surface area (Å²) in [5, 5.41) is 16.4. The van der Waals surface area contributed by atoms with Crippen molar-refractivity contribution in [3.63, 3.8) is 0 Å². The molecule has 2 amide bonds. The number of hydrogen-bond acceptors (Lipinski definition) is 5. The Hall–Kier alpha value is -3.35. The van der Waals surface area contributed by atoms with E-state index in [4.69, 9.17) is 28.9 Å². The van der Waals surface area contributed by atoms with Gasteiger partial charge in [-0.3, -0.25) is 14.2 Å². The number of halogens is 5. The Morgan fingerprint density at radius 1 is 1.14 bits per heavy atom. The lowest BCUT2D eigenvalue weighted by molar-refractivity contribution is -0.207. The highest BCUT2D eigenvalue weighted by molar-refractivity contribution is 6.31. The molecule has 2 atom stereocenters. The quantitative estimate of drug-likeness (QED) is 0.400. The smallest absolute Gasteiger partial charge is 0.382 e. The molecule has 1 heterocycles. The van der Waals surface area contributed by atoms with E-state index in [2.05, 4.69) is 10.4 Å². The van der Waals surface area contributed by atoms with Gasteiger partial charge in [0.1, 0.15) is 12.1 Å². The van der Waals surface area contributed by atoms with Crippen LogP contribution in [-0.2, 0) is 28.2 Å². The fraction of sp³-hybridized carbons (Fsp3) is 0.273. The maximum Gasteiger partial charge on any atom is 0.416 e. The summed E-state index contributed by atoms with van der Waals surface area (Å²) in [5.41, 5.74) is 3.05. The molecule has 0 radical (unpaired) electrons. The van der Waals surface area contributed by atoms with Gasteiger partial charge in [-0.1, -0.05) is 41.4 Å². The molecule has 0 saturated carbocycles. The van der Waals surface area contributed by atoms with Crippen LogP contribution >= 0.6 is 23.2 Å². The van der Waals surface area contributed by atoms with Crippen molar-refractivity contribution in [1.82, 2.24) is 19.7 Å². The number of carbonyl (C=O) groups excluding carboxylic acids is 2. The largest absolute Gasteiger partial charge is 0.416 e. The minimum absolute atomic E-state index is 0.145. The van der Waals surface area contributed by atoms with Gasteiger partial charge in [0.25, 0.3) is 0 Å². The molecule has 0 spiro atoms. The number of nitrogens with zero attached hydrogens (tertiary/aromatic N) is 3. The average molecular weight is 546 g/mol. The summed E-state index contributed by atoms with van der Waals surface area (Å²) in [6, 6.07) is 11.8. The first-order valence-electron chi connectivity index (χ1n) is 10.3. The van der Waals surface area contributed by atoms with Crippen LogP contribution in [0.15, 0.2) is 53.3 Å². The lowest BCUT2D eigenvalue weighted by atomic mass is 9.91. The van der Waals surface area contributed by atoms with Crippen molar-refractivity contribution in [2.24, 2.45) is 5.73 Å². The van der Waals surface area contributed by atoms with Crippen molar-refractivity contribution in [2.75, 3.05) is 0 Å². The van der Waals surface area contributed by atoms with Crippen LogP contribution in [0, 0.1) is 0 Å². The van der Waals surface area contributed by atoms with Crippen LogP contribution in [0.25, 0.3) is 11.4 Å². The maximum absolute atomic E-state index is 13.0. The van der Waals surface area contributed by atoms with E-state index in [1.165, 1.54) is 43.3 Å². The Morgan fingerprint density at radius 2 is 1.75 bits per heavy atom. The number of carbonyl (C=O) groups is 2. The first-order valence-corrected chi connectivity index (χ1v) is 11.0. The number of alkyl halides is 3. The van der Waals surface area contributed by atoms with E-state index >= 15 is 0 Å². The zero-order chi connectivity index (χ0) is 26.8. The normalized spacial score (nSPS) is 14.2. The van der Waals surface area contributed by atoms with Crippen LogP contribution in [0.2, 0.25) is 10.0 Å². The summed E-state index contributed by atoms with van der Waals surface area (Å²) < 4.78 is 40.2. The highest BCUT2D eigenvalue weighted by Crippen LogP contribution is 2.28. The number of nitrogens with one attached hydrogen (secondary N) is 1. The van der Waals surface area contributed by atoms with Gasteiger partial charge < -0.3 is 16.2 Å². The molecule has 9 nitrogen and oxygen atoms in total. The SMILES string of the molecule is C[C@](NC(=O)Cn1nc(-c2ccc(Cl)cc2)n(C[C@H](O)C(F)(F)F)c1=O)(C(N)=O)c1ccccc1Cl. The van der Waals surface area contributed by atoms with Crippen molar-refractivity contribution >= 4 is 35.0 Å². The van der Waals surface area contributed by atoms with Crippen molar-refractivity contribution in [2.45, 2.75) is 37.8 Å². The molecule has 0 aliphatic carbocycles. The lowest BCUT2D eigenvalue weighted by Gasteiger charge is -2.28. The molecule has 1 aromatic heterocycles. The van der Waals surface area contributed by atoms with Gasteiger partial charge in [0.2, 0.25) is 11.8 Å². The van der Waals surface area contributed by atoms with Gasteiger partial charge in [-0.25, -0.2) is 9.48 Å². The Labute approximate surface area is 212 Å². The fourth-order valence-electron chi connectivity index (χ4n) is 3.38. The minimum Gasteiger partial charge on any atom is -0.382 e. The van der Waals surface area contributed by atoms with Gasteiger partial charge in [0.05, 0.1) is 6.54 Å². The monoisotopic (exact) mass is 545 g/mol. The molecule has 2 aromatic carbocycles. The molecule has 0 aliphatic rings. The predicted octanol–water partition coefficient (Wildman–Crippen LogP) is 2.46. The number of rotatable bonds is 8. The Morgan fingerprint density at radius 3 is 2.31 bits per heavy atom. The van der Waals surface area contributed by atoms with Gasteiger partial charge in [-0.15, -0.1) is 5.10 Å². The number of primary amides is 1. The Bertz CT molecular complexity index is 1340. The van der Waals surface area contributed by atoms with E-state index in [0.717, 1.165) is 0 Å². The van der Waals surface area contributed by atoms with E-state index in [1.807, 2.05) is 0 Å². The average Bonchev–Trinajstić information content (AvgIpc) is 3.08. The van der Waals surface area contributed by atoms with E-state index < -0.39 is 48.4 Å². The summed E-state index contributed by atoms with van der Waals surface area (Å²) in [5.74, 6) is -2.09. The standard InChI is InChI=1S/C22H20Cl2F3N5O4/c1-21(19(28)35,14-4-2-3-5-15(14)24)29-17(34)11-32-20(36)31(10-16(33)22(25,26)27)18(30-32)12-6-8-13(23)9-7-12/h2-9,16,33H,10-11H2,1H3,(H2,28,35)(H,29,34)/t16-,21+/m0/s1. The van der Waals surface area contributed by atoms with Gasteiger partial charge in [0, 0.05) is 21.2 Å². The molecular weight excluding hydrogens is 526 g/mol. The Balaban J connectivity index is 1.98. The van der Waals surface area contributed by atoms with Crippen molar-refractivity contribution in [1.29, 1.82) is 0 Å². The molecule has 3 rings (SSSR count). The fourth-order valence-corrected chi connectivity index (χ4v) is 3.83. The van der Waals surface area contributed by atoms with Gasteiger partial charge in [-0.2, -0.15) is 13.2 Å². The van der Waals surface area contributed by atoms with Crippen molar-refractivity contribution in [3.05, 3.63) is 74.6 Å². The number of aliphatic hydroxyl groups is 1. The van der Waals surface area contributed by atoms with Crippen LogP contribution in [0.1, 0.15) is 12.5 Å².